The van der Waals surface area contributed by atoms with E-state index in [0.29, 0.717) is 11.3 Å². The van der Waals surface area contributed by atoms with Gasteiger partial charge in [-0.1, -0.05) is 18.2 Å². The lowest BCUT2D eigenvalue weighted by atomic mass is 10.2. The van der Waals surface area contributed by atoms with Crippen LogP contribution < -0.4 is 4.74 Å². The number of halogens is 5. The van der Waals surface area contributed by atoms with Crippen LogP contribution in [-0.4, -0.2) is 18.7 Å². The fourth-order valence-electron chi connectivity index (χ4n) is 1.57. The van der Waals surface area contributed by atoms with Crippen molar-refractivity contribution < 1.29 is 26.7 Å². The molecular weight excluding hydrogens is 305 g/mol. The van der Waals surface area contributed by atoms with E-state index in [9.17, 15) is 22.0 Å². The first-order valence-electron chi connectivity index (χ1n) is 6.11. The van der Waals surface area contributed by atoms with Crippen LogP contribution in [0.2, 0.25) is 0 Å². The molecule has 2 rings (SSSR count). The summed E-state index contributed by atoms with van der Waals surface area (Å²) in [4.78, 5) is 3.95. The Labute approximate surface area is 122 Å². The Morgan fingerprint density at radius 2 is 1.77 bits per heavy atom. The summed E-state index contributed by atoms with van der Waals surface area (Å²) >= 11 is 0. The number of benzene rings is 2. The lowest BCUT2D eigenvalue weighted by Gasteiger charge is -2.16. The van der Waals surface area contributed by atoms with Gasteiger partial charge in [0.25, 0.3) is 0 Å². The molecule has 0 bridgehead atoms. The Morgan fingerprint density at radius 3 is 2.45 bits per heavy atom. The molecule has 22 heavy (non-hydrogen) atoms. The van der Waals surface area contributed by atoms with Crippen LogP contribution in [0.25, 0.3) is 0 Å². The summed E-state index contributed by atoms with van der Waals surface area (Å²) in [5.41, 5.74) is 0.663. The number of aliphatic imine (C=N–C) groups is 1. The molecule has 0 atom stereocenters. The molecular formula is C15H10F5NO. The fourth-order valence-corrected chi connectivity index (χ4v) is 1.57. The van der Waals surface area contributed by atoms with Gasteiger partial charge in [0.2, 0.25) is 0 Å². The number of ether oxygens (including phenoxy) is 1. The third-order valence-corrected chi connectivity index (χ3v) is 2.54. The Morgan fingerprint density at radius 1 is 1.05 bits per heavy atom. The first-order valence-corrected chi connectivity index (χ1v) is 6.11. The highest BCUT2D eigenvalue weighted by Gasteiger charge is 2.43. The molecule has 7 heteroatoms. The summed E-state index contributed by atoms with van der Waals surface area (Å²) in [7, 11) is 0. The van der Waals surface area contributed by atoms with Crippen molar-refractivity contribution in [2.45, 2.75) is 12.5 Å². The maximum atomic E-state index is 13.0. The van der Waals surface area contributed by atoms with Crippen LogP contribution in [0.1, 0.15) is 5.56 Å². The van der Waals surface area contributed by atoms with Crippen LogP contribution in [0.5, 0.6) is 5.75 Å². The van der Waals surface area contributed by atoms with Gasteiger partial charge in [0.1, 0.15) is 11.6 Å². The Balaban J connectivity index is 2.15. The van der Waals surface area contributed by atoms with Gasteiger partial charge in [-0.05, 0) is 35.9 Å². The zero-order valence-electron chi connectivity index (χ0n) is 11.0. The SMILES string of the molecule is Fc1cccc(N=Cc2cccc(OC(F)(F)C(F)F)c2)c1. The second kappa shape index (κ2) is 6.55. The number of rotatable bonds is 5. The number of hydrogen-bond donors (Lipinski definition) is 0. The van der Waals surface area contributed by atoms with Crippen molar-refractivity contribution in [1.82, 2.24) is 0 Å². The van der Waals surface area contributed by atoms with E-state index in [1.54, 1.807) is 6.07 Å². The standard InChI is InChI=1S/C15H10F5NO/c16-11-4-2-5-12(8-11)21-9-10-3-1-6-13(7-10)22-15(19,20)14(17)18/h1-9,14H. The summed E-state index contributed by atoms with van der Waals surface area (Å²) in [6.07, 6.45) is -7.22. The summed E-state index contributed by atoms with van der Waals surface area (Å²) in [6.45, 7) is 0. The van der Waals surface area contributed by atoms with Gasteiger partial charge in [-0.25, -0.2) is 4.39 Å². The molecule has 2 aromatic rings. The van der Waals surface area contributed by atoms with Crippen molar-refractivity contribution in [1.29, 1.82) is 0 Å². The zero-order chi connectivity index (χ0) is 16.2. The van der Waals surface area contributed by atoms with Crippen molar-refractivity contribution in [2.24, 2.45) is 4.99 Å². The van der Waals surface area contributed by atoms with Gasteiger partial charge in [0.15, 0.2) is 0 Å². The molecule has 0 N–H and O–H groups in total. The minimum Gasteiger partial charge on any atom is -0.428 e. The molecule has 0 spiro atoms. The fraction of sp³-hybridized carbons (Fsp3) is 0.133. The number of hydrogen-bond acceptors (Lipinski definition) is 2. The highest BCUT2D eigenvalue weighted by Crippen LogP contribution is 2.27. The minimum atomic E-state index is -4.57. The third-order valence-electron chi connectivity index (χ3n) is 2.54. The molecule has 0 saturated carbocycles. The smallest absolute Gasteiger partial charge is 0.428 e. The molecule has 0 aliphatic carbocycles. The average Bonchev–Trinajstić information content (AvgIpc) is 2.45. The van der Waals surface area contributed by atoms with E-state index in [-0.39, 0.29) is 0 Å². The van der Waals surface area contributed by atoms with Gasteiger partial charge in [0, 0.05) is 6.21 Å². The normalized spacial score (nSPS) is 12.1. The highest BCUT2D eigenvalue weighted by molar-refractivity contribution is 5.82. The second-order valence-corrected chi connectivity index (χ2v) is 4.28. The molecule has 0 aromatic heterocycles. The topological polar surface area (TPSA) is 21.6 Å². The monoisotopic (exact) mass is 315 g/mol. The molecule has 0 aliphatic heterocycles. The van der Waals surface area contributed by atoms with Crippen molar-refractivity contribution >= 4 is 11.9 Å². The second-order valence-electron chi connectivity index (χ2n) is 4.28. The van der Waals surface area contributed by atoms with Gasteiger partial charge in [-0.3, -0.25) is 4.99 Å². The predicted molar refractivity (Wildman–Crippen MR) is 71.7 cm³/mol. The first kappa shape index (κ1) is 15.9. The molecule has 0 radical (unpaired) electrons. The van der Waals surface area contributed by atoms with Crippen LogP contribution in [0, 0.1) is 5.82 Å². The minimum absolute atomic E-state index is 0.323. The van der Waals surface area contributed by atoms with Crippen molar-refractivity contribution in [3.63, 3.8) is 0 Å². The van der Waals surface area contributed by atoms with Gasteiger partial charge < -0.3 is 4.74 Å². The van der Waals surface area contributed by atoms with Gasteiger partial charge >= 0.3 is 12.5 Å². The van der Waals surface area contributed by atoms with Crippen LogP contribution >= 0.6 is 0 Å². The maximum Gasteiger partial charge on any atom is 0.461 e. The van der Waals surface area contributed by atoms with E-state index in [0.717, 1.165) is 12.1 Å². The molecule has 0 saturated heterocycles. The van der Waals surface area contributed by atoms with Gasteiger partial charge in [0.05, 0.1) is 5.69 Å². The molecule has 0 fully saturated rings. The predicted octanol–water partition coefficient (Wildman–Crippen LogP) is 4.81. The summed E-state index contributed by atoms with van der Waals surface area (Å²) in [6, 6.07) is 10.5. The first-order chi connectivity index (χ1) is 10.4. The largest absolute Gasteiger partial charge is 0.461 e. The van der Waals surface area contributed by atoms with Gasteiger partial charge in [-0.15, -0.1) is 0 Å². The van der Waals surface area contributed by atoms with E-state index in [1.165, 1.54) is 36.5 Å². The van der Waals surface area contributed by atoms with E-state index in [1.807, 2.05) is 0 Å². The van der Waals surface area contributed by atoms with E-state index < -0.39 is 24.1 Å². The van der Waals surface area contributed by atoms with Crippen LogP contribution in [0.4, 0.5) is 27.6 Å². The van der Waals surface area contributed by atoms with Crippen molar-refractivity contribution in [2.75, 3.05) is 0 Å². The molecule has 116 valence electrons. The molecule has 2 nitrogen and oxygen atoms in total. The quantitative estimate of drug-likeness (QED) is 0.573. The maximum absolute atomic E-state index is 13.0. The Hall–Kier alpha value is -2.44. The molecule has 0 amide bonds. The van der Waals surface area contributed by atoms with Crippen LogP contribution in [0.3, 0.4) is 0 Å². The van der Waals surface area contributed by atoms with Crippen molar-refractivity contribution in [3.05, 3.63) is 59.9 Å². The molecule has 0 heterocycles. The van der Waals surface area contributed by atoms with E-state index in [2.05, 4.69) is 9.73 Å². The summed E-state index contributed by atoms with van der Waals surface area (Å²) in [5, 5.41) is 0. The molecule has 0 unspecified atom stereocenters. The highest BCUT2D eigenvalue weighted by atomic mass is 19.3. The summed E-state index contributed by atoms with van der Waals surface area (Å²) in [5.74, 6) is -0.892. The lowest BCUT2D eigenvalue weighted by molar-refractivity contribution is -0.253. The molecule has 2 aromatic carbocycles. The lowest BCUT2D eigenvalue weighted by Crippen LogP contribution is -2.33. The van der Waals surface area contributed by atoms with Crippen LogP contribution in [-0.2, 0) is 0 Å². The van der Waals surface area contributed by atoms with Crippen molar-refractivity contribution in [3.8, 4) is 5.75 Å². The summed E-state index contributed by atoms with van der Waals surface area (Å²) < 4.78 is 66.7. The Bertz CT molecular complexity index is 672. The van der Waals surface area contributed by atoms with Crippen LogP contribution in [0.15, 0.2) is 53.5 Å². The van der Waals surface area contributed by atoms with E-state index >= 15 is 0 Å². The zero-order valence-corrected chi connectivity index (χ0v) is 11.0. The Kier molecular flexibility index (Phi) is 4.75. The average molecular weight is 315 g/mol. The van der Waals surface area contributed by atoms with Gasteiger partial charge in [-0.2, -0.15) is 17.6 Å². The van der Waals surface area contributed by atoms with E-state index in [4.69, 9.17) is 0 Å². The number of nitrogens with zero attached hydrogens (tertiary/aromatic N) is 1. The third kappa shape index (κ3) is 4.28. The molecule has 0 aliphatic rings. The number of alkyl halides is 4.